The van der Waals surface area contributed by atoms with Crippen molar-refractivity contribution in [3.05, 3.63) is 17.5 Å². The Morgan fingerprint density at radius 1 is 1.45 bits per heavy atom. The van der Waals surface area contributed by atoms with Crippen LogP contribution in [0.3, 0.4) is 0 Å². The van der Waals surface area contributed by atoms with Crippen molar-refractivity contribution in [2.75, 3.05) is 13.1 Å². The Morgan fingerprint density at radius 3 is 2.75 bits per heavy atom. The lowest BCUT2D eigenvalue weighted by Gasteiger charge is -2.31. The molecule has 1 aliphatic heterocycles. The number of nitrogens with zero attached hydrogens (tertiary/aromatic N) is 3. The highest BCUT2D eigenvalue weighted by molar-refractivity contribution is 5.66. The molecule has 0 aromatic carbocycles. The molecule has 0 saturated carbocycles. The molecule has 1 fully saturated rings. The smallest absolute Gasteiger partial charge is 0.303 e. The molecule has 5 heteroatoms. The van der Waals surface area contributed by atoms with Crippen LogP contribution in [0.5, 0.6) is 0 Å². The molecule has 20 heavy (non-hydrogen) atoms. The highest BCUT2D eigenvalue weighted by atomic mass is 16.4. The van der Waals surface area contributed by atoms with Gasteiger partial charge in [-0.2, -0.15) is 5.10 Å². The van der Waals surface area contributed by atoms with Crippen molar-refractivity contribution in [2.24, 2.45) is 5.92 Å². The maximum atomic E-state index is 10.6. The summed E-state index contributed by atoms with van der Waals surface area (Å²) < 4.78 is 2.08. The first-order chi connectivity index (χ1) is 9.58. The minimum absolute atomic E-state index is 0.312. The largest absolute Gasteiger partial charge is 0.481 e. The van der Waals surface area contributed by atoms with Crippen molar-refractivity contribution in [1.82, 2.24) is 14.7 Å². The number of rotatable bonds is 6. The zero-order valence-corrected chi connectivity index (χ0v) is 12.5. The van der Waals surface area contributed by atoms with Crippen LogP contribution < -0.4 is 0 Å². The van der Waals surface area contributed by atoms with Gasteiger partial charge < -0.3 is 5.11 Å². The Labute approximate surface area is 120 Å². The number of likely N-dealkylation sites (tertiary alicyclic amines) is 1. The van der Waals surface area contributed by atoms with E-state index in [2.05, 4.69) is 27.7 Å². The van der Waals surface area contributed by atoms with Crippen LogP contribution in [0.4, 0.5) is 0 Å². The van der Waals surface area contributed by atoms with Gasteiger partial charge in [0.15, 0.2) is 0 Å². The third-order valence-corrected chi connectivity index (χ3v) is 4.14. The van der Waals surface area contributed by atoms with Crippen molar-refractivity contribution < 1.29 is 9.90 Å². The molecule has 2 rings (SSSR count). The summed E-state index contributed by atoms with van der Waals surface area (Å²) in [5.41, 5.74) is 2.37. The number of aliphatic carboxylic acids is 1. The van der Waals surface area contributed by atoms with E-state index in [1.807, 2.05) is 6.92 Å². The molecule has 2 heterocycles. The molecule has 0 bridgehead atoms. The van der Waals surface area contributed by atoms with Gasteiger partial charge in [0.2, 0.25) is 0 Å². The number of carboxylic acid groups (broad SMARTS) is 1. The maximum Gasteiger partial charge on any atom is 0.303 e. The van der Waals surface area contributed by atoms with Gasteiger partial charge in [-0.1, -0.05) is 0 Å². The Kier molecular flexibility index (Phi) is 5.17. The topological polar surface area (TPSA) is 58.4 Å². The first-order valence-corrected chi connectivity index (χ1v) is 7.56. The molecule has 0 amide bonds. The molecule has 0 atom stereocenters. The average Bonchev–Trinajstić information content (AvgIpc) is 2.78. The zero-order chi connectivity index (χ0) is 14.5. The maximum absolute atomic E-state index is 10.6. The van der Waals surface area contributed by atoms with Crippen LogP contribution in [0, 0.1) is 12.8 Å². The SMILES string of the molecule is CCn1nc(C)cc1CN1CCC(CCC(=O)O)CC1. The molecule has 1 aromatic heterocycles. The third kappa shape index (κ3) is 4.07. The molecule has 0 radical (unpaired) electrons. The highest BCUT2D eigenvalue weighted by Gasteiger charge is 2.20. The van der Waals surface area contributed by atoms with E-state index in [4.69, 9.17) is 5.11 Å². The van der Waals surface area contributed by atoms with Gasteiger partial charge in [-0.3, -0.25) is 14.4 Å². The van der Waals surface area contributed by atoms with Gasteiger partial charge in [-0.15, -0.1) is 0 Å². The lowest BCUT2D eigenvalue weighted by molar-refractivity contribution is -0.137. The molecule has 0 spiro atoms. The van der Waals surface area contributed by atoms with Gasteiger partial charge >= 0.3 is 5.97 Å². The fourth-order valence-corrected chi connectivity index (χ4v) is 2.99. The van der Waals surface area contributed by atoms with Crippen molar-refractivity contribution in [2.45, 2.75) is 52.6 Å². The Morgan fingerprint density at radius 2 is 2.15 bits per heavy atom. The second kappa shape index (κ2) is 6.88. The van der Waals surface area contributed by atoms with Crippen molar-refractivity contribution >= 4 is 5.97 Å². The summed E-state index contributed by atoms with van der Waals surface area (Å²) in [6, 6.07) is 2.17. The minimum Gasteiger partial charge on any atom is -0.481 e. The van der Waals surface area contributed by atoms with Crippen LogP contribution in [0.15, 0.2) is 6.07 Å². The summed E-state index contributed by atoms with van der Waals surface area (Å²) in [4.78, 5) is 13.1. The molecule has 1 aliphatic rings. The van der Waals surface area contributed by atoms with Gasteiger partial charge in [-0.25, -0.2) is 0 Å². The fourth-order valence-electron chi connectivity index (χ4n) is 2.99. The third-order valence-electron chi connectivity index (χ3n) is 4.14. The molecule has 1 N–H and O–H groups in total. The van der Waals surface area contributed by atoms with Crippen LogP contribution in [0.1, 0.15) is 44.0 Å². The quantitative estimate of drug-likeness (QED) is 0.868. The molecule has 5 nitrogen and oxygen atoms in total. The summed E-state index contributed by atoms with van der Waals surface area (Å²) in [5.74, 6) is -0.0880. The summed E-state index contributed by atoms with van der Waals surface area (Å²) >= 11 is 0. The van der Waals surface area contributed by atoms with E-state index < -0.39 is 5.97 Å². The van der Waals surface area contributed by atoms with Crippen LogP contribution in [0.25, 0.3) is 0 Å². The molecular formula is C15H25N3O2. The second-order valence-electron chi connectivity index (χ2n) is 5.74. The first kappa shape index (κ1) is 15.0. The fraction of sp³-hybridized carbons (Fsp3) is 0.733. The number of aromatic nitrogens is 2. The van der Waals surface area contributed by atoms with Crippen molar-refractivity contribution in [1.29, 1.82) is 0 Å². The lowest BCUT2D eigenvalue weighted by atomic mass is 9.92. The Balaban J connectivity index is 1.80. The van der Waals surface area contributed by atoms with Crippen molar-refractivity contribution in [3.63, 3.8) is 0 Å². The monoisotopic (exact) mass is 279 g/mol. The van der Waals surface area contributed by atoms with Crippen molar-refractivity contribution in [3.8, 4) is 0 Å². The van der Waals surface area contributed by atoms with Gasteiger partial charge in [0.1, 0.15) is 0 Å². The normalized spacial score (nSPS) is 17.5. The number of aryl methyl sites for hydroxylation is 2. The molecule has 0 aliphatic carbocycles. The molecule has 112 valence electrons. The van der Waals surface area contributed by atoms with Gasteiger partial charge in [0.05, 0.1) is 11.4 Å². The summed E-state index contributed by atoms with van der Waals surface area (Å²) in [5, 5.41) is 13.2. The number of carbonyl (C=O) groups is 1. The molecule has 0 unspecified atom stereocenters. The lowest BCUT2D eigenvalue weighted by Crippen LogP contribution is -2.34. The zero-order valence-electron chi connectivity index (χ0n) is 12.5. The van der Waals surface area contributed by atoms with Crippen LogP contribution in [-0.4, -0.2) is 38.8 Å². The summed E-state index contributed by atoms with van der Waals surface area (Å²) in [6.45, 7) is 8.16. The van der Waals surface area contributed by atoms with Crippen LogP contribution in [-0.2, 0) is 17.9 Å². The van der Waals surface area contributed by atoms with Gasteiger partial charge in [-0.05, 0) is 58.2 Å². The number of piperidine rings is 1. The van der Waals surface area contributed by atoms with E-state index in [-0.39, 0.29) is 0 Å². The highest BCUT2D eigenvalue weighted by Crippen LogP contribution is 2.23. The van der Waals surface area contributed by atoms with Gasteiger partial charge in [0, 0.05) is 19.5 Å². The molecular weight excluding hydrogens is 254 g/mol. The van der Waals surface area contributed by atoms with Crippen LogP contribution in [0.2, 0.25) is 0 Å². The van der Waals surface area contributed by atoms with E-state index >= 15 is 0 Å². The molecule has 1 aromatic rings. The number of hydrogen-bond donors (Lipinski definition) is 1. The summed E-state index contributed by atoms with van der Waals surface area (Å²) in [6.07, 6.45) is 3.38. The standard InChI is InChI=1S/C15H25N3O2/c1-3-18-14(10-12(2)16-18)11-17-8-6-13(7-9-17)4-5-15(19)20/h10,13H,3-9,11H2,1-2H3,(H,19,20). The van der Waals surface area contributed by atoms with Gasteiger partial charge in [0.25, 0.3) is 0 Å². The van der Waals surface area contributed by atoms with E-state index in [0.29, 0.717) is 12.3 Å². The predicted molar refractivity (Wildman–Crippen MR) is 77.5 cm³/mol. The number of hydrogen-bond acceptors (Lipinski definition) is 3. The Hall–Kier alpha value is -1.36. The van der Waals surface area contributed by atoms with E-state index in [1.165, 1.54) is 5.69 Å². The summed E-state index contributed by atoms with van der Waals surface area (Å²) in [7, 11) is 0. The second-order valence-corrected chi connectivity index (χ2v) is 5.74. The number of carboxylic acids is 1. The first-order valence-electron chi connectivity index (χ1n) is 7.56. The van der Waals surface area contributed by atoms with Crippen LogP contribution >= 0.6 is 0 Å². The van der Waals surface area contributed by atoms with E-state index in [1.54, 1.807) is 0 Å². The van der Waals surface area contributed by atoms with E-state index in [9.17, 15) is 4.79 Å². The average molecular weight is 279 g/mol. The predicted octanol–water partition coefficient (Wildman–Crippen LogP) is 2.29. The Bertz CT molecular complexity index is 448. The minimum atomic E-state index is -0.672. The van der Waals surface area contributed by atoms with E-state index in [0.717, 1.165) is 51.1 Å². The molecule has 1 saturated heterocycles.